The van der Waals surface area contributed by atoms with Gasteiger partial charge in [-0.2, -0.15) is 0 Å². The van der Waals surface area contributed by atoms with Gasteiger partial charge in [0.15, 0.2) is 5.65 Å². The summed E-state index contributed by atoms with van der Waals surface area (Å²) in [6, 6.07) is 5.66. The Morgan fingerprint density at radius 3 is 2.77 bits per heavy atom. The van der Waals surface area contributed by atoms with Crippen molar-refractivity contribution in [2.45, 2.75) is 54.9 Å². The summed E-state index contributed by atoms with van der Waals surface area (Å²) in [4.78, 5) is 25.0. The summed E-state index contributed by atoms with van der Waals surface area (Å²) in [5, 5.41) is 9.60. The molecule has 0 amide bonds. The number of nitrogens with two attached hydrogens (primary N) is 1. The Bertz CT molecular complexity index is 1140. The third-order valence-electron chi connectivity index (χ3n) is 7.05. The number of piperidine rings is 1. The van der Waals surface area contributed by atoms with E-state index in [-0.39, 0.29) is 0 Å². The molecule has 7 nitrogen and oxygen atoms in total. The molecule has 1 aliphatic heterocycles. The molecule has 0 radical (unpaired) electrons. The predicted molar refractivity (Wildman–Crippen MR) is 121 cm³/mol. The Hall–Kier alpha value is -2.58. The van der Waals surface area contributed by atoms with Crippen LogP contribution in [0.2, 0.25) is 0 Å². The lowest BCUT2D eigenvalue weighted by molar-refractivity contribution is 0.0693. The number of anilines is 1. The smallest absolute Gasteiger partial charge is 0.336 e. The van der Waals surface area contributed by atoms with Gasteiger partial charge in [-0.25, -0.2) is 14.8 Å². The molecule has 1 saturated heterocycles. The number of hydrogen-bond acceptors (Lipinski definition) is 6. The number of aromatic nitrogens is 3. The normalized spacial score (nSPS) is 20.6. The van der Waals surface area contributed by atoms with Gasteiger partial charge in [-0.15, -0.1) is 0 Å². The van der Waals surface area contributed by atoms with E-state index in [9.17, 15) is 9.90 Å². The second kappa shape index (κ2) is 7.84. The van der Waals surface area contributed by atoms with E-state index in [0.29, 0.717) is 17.0 Å². The number of rotatable bonds is 4. The minimum Gasteiger partial charge on any atom is -0.478 e. The van der Waals surface area contributed by atoms with Crippen LogP contribution in [0.3, 0.4) is 0 Å². The number of nitrogens with zero attached hydrogens (tertiary/aromatic N) is 4. The zero-order valence-electron chi connectivity index (χ0n) is 17.6. The van der Waals surface area contributed by atoms with E-state index in [0.717, 1.165) is 59.3 Å². The number of carboxylic acid groups (broad SMARTS) is 1. The number of imidazole rings is 1. The van der Waals surface area contributed by atoms with Crippen molar-refractivity contribution in [1.82, 2.24) is 14.4 Å². The van der Waals surface area contributed by atoms with Gasteiger partial charge in [0.2, 0.25) is 5.95 Å². The number of aryl methyl sites for hydroxylation is 1. The van der Waals surface area contributed by atoms with Crippen LogP contribution in [0.1, 0.15) is 48.0 Å². The van der Waals surface area contributed by atoms with E-state index in [1.165, 1.54) is 24.6 Å². The zero-order valence-corrected chi connectivity index (χ0v) is 18.4. The minimum atomic E-state index is -0.928. The van der Waals surface area contributed by atoms with Gasteiger partial charge < -0.3 is 15.7 Å². The van der Waals surface area contributed by atoms with Crippen LogP contribution in [0.15, 0.2) is 46.6 Å². The fourth-order valence-corrected chi connectivity index (χ4v) is 6.26. The van der Waals surface area contributed by atoms with Crippen molar-refractivity contribution >= 4 is 29.3 Å². The third kappa shape index (κ3) is 3.47. The maximum absolute atomic E-state index is 11.7. The first-order chi connectivity index (χ1) is 15.0. The van der Waals surface area contributed by atoms with Crippen LogP contribution in [0.4, 0.5) is 5.95 Å². The van der Waals surface area contributed by atoms with Crippen molar-refractivity contribution in [3.8, 4) is 0 Å². The van der Waals surface area contributed by atoms with Crippen LogP contribution in [-0.2, 0) is 0 Å². The van der Waals surface area contributed by atoms with Crippen LogP contribution in [0, 0.1) is 12.3 Å². The molecular formula is C23H27N5O2S. The molecule has 3 aromatic rings. The van der Waals surface area contributed by atoms with E-state index < -0.39 is 5.97 Å². The summed E-state index contributed by atoms with van der Waals surface area (Å²) >= 11 is 1.41. The lowest BCUT2D eigenvalue weighted by Gasteiger charge is -2.42. The van der Waals surface area contributed by atoms with E-state index in [4.69, 9.17) is 10.7 Å². The van der Waals surface area contributed by atoms with Gasteiger partial charge in [0, 0.05) is 42.6 Å². The van der Waals surface area contributed by atoms with Crippen LogP contribution < -0.4 is 10.6 Å². The summed E-state index contributed by atoms with van der Waals surface area (Å²) in [5.41, 5.74) is 8.77. The van der Waals surface area contributed by atoms with E-state index in [1.807, 2.05) is 29.8 Å². The first kappa shape index (κ1) is 20.3. The molecule has 1 aliphatic carbocycles. The molecule has 8 heteroatoms. The average molecular weight is 438 g/mol. The van der Waals surface area contributed by atoms with Crippen molar-refractivity contribution in [1.29, 1.82) is 0 Å². The molecule has 1 aromatic carbocycles. The zero-order chi connectivity index (χ0) is 21.6. The van der Waals surface area contributed by atoms with Crippen LogP contribution >= 0.6 is 11.8 Å². The van der Waals surface area contributed by atoms with Crippen LogP contribution in [0.5, 0.6) is 0 Å². The van der Waals surface area contributed by atoms with Crippen molar-refractivity contribution in [2.24, 2.45) is 11.1 Å². The maximum atomic E-state index is 11.7. The second-order valence-corrected chi connectivity index (χ2v) is 9.80. The first-order valence-corrected chi connectivity index (χ1v) is 11.6. The lowest BCUT2D eigenvalue weighted by Crippen LogP contribution is -2.47. The fraction of sp³-hybridized carbons (Fsp3) is 0.435. The molecule has 0 bridgehead atoms. The SMILES string of the molecule is Cc1cccc(C(=O)O)c1Sc1cnc(N2CCC3(CCCC3N)CC2)n2ccnc12. The van der Waals surface area contributed by atoms with Gasteiger partial charge in [0.05, 0.1) is 10.5 Å². The Labute approximate surface area is 185 Å². The fourth-order valence-electron chi connectivity index (χ4n) is 5.19. The molecule has 1 unspecified atom stereocenters. The summed E-state index contributed by atoms with van der Waals surface area (Å²) in [7, 11) is 0. The topological polar surface area (TPSA) is 96.8 Å². The number of aromatic carboxylic acids is 1. The summed E-state index contributed by atoms with van der Waals surface area (Å²) < 4.78 is 2.02. The van der Waals surface area contributed by atoms with Gasteiger partial charge in [-0.1, -0.05) is 30.3 Å². The Morgan fingerprint density at radius 2 is 2.06 bits per heavy atom. The highest BCUT2D eigenvalue weighted by molar-refractivity contribution is 7.99. The number of carbonyl (C=O) groups is 1. The number of carboxylic acids is 1. The predicted octanol–water partition coefficient (Wildman–Crippen LogP) is 3.98. The monoisotopic (exact) mass is 437 g/mol. The molecule has 5 rings (SSSR count). The molecule has 31 heavy (non-hydrogen) atoms. The largest absolute Gasteiger partial charge is 0.478 e. The highest BCUT2D eigenvalue weighted by Gasteiger charge is 2.43. The van der Waals surface area contributed by atoms with E-state index >= 15 is 0 Å². The molecule has 3 heterocycles. The number of benzene rings is 1. The second-order valence-electron chi connectivity index (χ2n) is 8.75. The van der Waals surface area contributed by atoms with Gasteiger partial charge in [0.1, 0.15) is 0 Å². The molecule has 162 valence electrons. The highest BCUT2D eigenvalue weighted by Crippen LogP contribution is 2.46. The molecular weight excluding hydrogens is 410 g/mol. The van der Waals surface area contributed by atoms with Crippen LogP contribution in [0.25, 0.3) is 5.65 Å². The average Bonchev–Trinajstić information content (AvgIpc) is 3.38. The Morgan fingerprint density at radius 1 is 1.26 bits per heavy atom. The van der Waals surface area contributed by atoms with E-state index in [2.05, 4.69) is 9.88 Å². The lowest BCUT2D eigenvalue weighted by atomic mass is 9.74. The molecule has 1 saturated carbocycles. The molecule has 3 N–H and O–H groups in total. The van der Waals surface area contributed by atoms with Crippen molar-refractivity contribution in [3.05, 3.63) is 47.9 Å². The minimum absolute atomic E-state index is 0.299. The summed E-state index contributed by atoms with van der Waals surface area (Å²) in [6.45, 7) is 3.82. The maximum Gasteiger partial charge on any atom is 0.336 e. The number of hydrogen-bond donors (Lipinski definition) is 2. The summed E-state index contributed by atoms with van der Waals surface area (Å²) in [5.74, 6) is -0.0379. The van der Waals surface area contributed by atoms with Gasteiger partial charge >= 0.3 is 5.97 Å². The first-order valence-electron chi connectivity index (χ1n) is 10.8. The highest BCUT2D eigenvalue weighted by atomic mass is 32.2. The van der Waals surface area contributed by atoms with Gasteiger partial charge in [-0.05, 0) is 49.7 Å². The van der Waals surface area contributed by atoms with Crippen molar-refractivity contribution in [3.63, 3.8) is 0 Å². The molecule has 2 aromatic heterocycles. The van der Waals surface area contributed by atoms with E-state index in [1.54, 1.807) is 18.3 Å². The third-order valence-corrected chi connectivity index (χ3v) is 8.30. The Balaban J connectivity index is 1.44. The standard InChI is InChI=1S/C23H27N5O2S/c1-15-4-2-5-16(21(29)30)19(15)31-17-14-26-22(28-13-10-25-20(17)28)27-11-8-23(9-12-27)7-3-6-18(23)24/h2,4-5,10,13-14,18H,3,6-9,11-12,24H2,1H3,(H,29,30). The molecule has 1 atom stereocenters. The quantitative estimate of drug-likeness (QED) is 0.637. The molecule has 2 fully saturated rings. The molecule has 2 aliphatic rings. The van der Waals surface area contributed by atoms with Gasteiger partial charge in [0.25, 0.3) is 0 Å². The Kier molecular flexibility index (Phi) is 5.14. The van der Waals surface area contributed by atoms with Crippen molar-refractivity contribution < 1.29 is 9.90 Å². The number of fused-ring (bicyclic) bond motifs is 1. The van der Waals surface area contributed by atoms with Crippen LogP contribution in [-0.4, -0.2) is 44.6 Å². The summed E-state index contributed by atoms with van der Waals surface area (Å²) in [6.07, 6.45) is 11.4. The van der Waals surface area contributed by atoms with Crippen molar-refractivity contribution in [2.75, 3.05) is 18.0 Å². The molecule has 1 spiro atoms. The van der Waals surface area contributed by atoms with Gasteiger partial charge in [-0.3, -0.25) is 4.40 Å².